The molecule has 23 heavy (non-hydrogen) atoms. The Labute approximate surface area is 132 Å². The van der Waals surface area contributed by atoms with Gasteiger partial charge >= 0.3 is 12.1 Å². The molecule has 7 nitrogen and oxygen atoms in total. The zero-order chi connectivity index (χ0) is 16.8. The molecule has 0 bridgehead atoms. The smallest absolute Gasteiger partial charge is 0.416 e. The van der Waals surface area contributed by atoms with Gasteiger partial charge in [-0.2, -0.15) is 18.2 Å². The molecule has 0 radical (unpaired) electrons. The predicted octanol–water partition coefficient (Wildman–Crippen LogP) is 3.00. The molecule has 0 amide bonds. The summed E-state index contributed by atoms with van der Waals surface area (Å²) < 4.78 is 43.6. The number of alkyl halides is 3. The molecular weight excluding hydrogens is 333 g/mol. The van der Waals surface area contributed by atoms with Crippen LogP contribution in [0.5, 0.6) is 0 Å². The summed E-state index contributed by atoms with van der Waals surface area (Å²) in [5, 5.41) is 10.5. The van der Waals surface area contributed by atoms with Crippen molar-refractivity contribution in [3.63, 3.8) is 0 Å². The summed E-state index contributed by atoms with van der Waals surface area (Å²) in [6.07, 6.45) is -4.66. The summed E-state index contributed by atoms with van der Waals surface area (Å²) in [7, 11) is 0. The normalized spacial score (nSPS) is 13.7. The summed E-state index contributed by atoms with van der Waals surface area (Å²) in [5.74, 6) is -1.07. The van der Waals surface area contributed by atoms with E-state index >= 15 is 0 Å². The number of hydrogen-bond donors (Lipinski definition) is 0. The molecule has 0 saturated heterocycles. The Balaban J connectivity index is 1.84. The first-order valence-corrected chi connectivity index (χ1v) is 7.40. The van der Waals surface area contributed by atoms with Gasteiger partial charge in [0.05, 0.1) is 5.25 Å². The summed E-state index contributed by atoms with van der Waals surface area (Å²) in [4.78, 5) is 8.50. The first-order chi connectivity index (χ1) is 10.7. The summed E-state index contributed by atoms with van der Waals surface area (Å²) >= 11 is 1.11. The van der Waals surface area contributed by atoms with Gasteiger partial charge in [0.25, 0.3) is 5.78 Å². The highest BCUT2D eigenvalue weighted by molar-refractivity contribution is 7.99. The molecule has 0 aliphatic heterocycles. The summed E-state index contributed by atoms with van der Waals surface area (Å²) in [5.41, 5.74) is 1.66. The van der Waals surface area contributed by atoms with Crippen molar-refractivity contribution in [1.29, 1.82) is 0 Å². The van der Waals surface area contributed by atoms with Crippen LogP contribution in [-0.4, -0.2) is 29.8 Å². The van der Waals surface area contributed by atoms with Gasteiger partial charge in [-0.05, 0) is 26.8 Å². The monoisotopic (exact) mass is 344 g/mol. The molecule has 0 fully saturated rings. The van der Waals surface area contributed by atoms with Crippen LogP contribution in [0.15, 0.2) is 15.6 Å². The van der Waals surface area contributed by atoms with Gasteiger partial charge in [-0.1, -0.05) is 11.8 Å². The lowest BCUT2D eigenvalue weighted by atomic mass is 10.4. The van der Waals surface area contributed by atoms with Crippen LogP contribution in [0.2, 0.25) is 0 Å². The van der Waals surface area contributed by atoms with Crippen LogP contribution in [0.25, 0.3) is 5.78 Å². The quantitative estimate of drug-likeness (QED) is 0.676. The van der Waals surface area contributed by atoms with Crippen LogP contribution < -0.4 is 0 Å². The second-order valence-corrected chi connectivity index (χ2v) is 6.16. The summed E-state index contributed by atoms with van der Waals surface area (Å²) in [6.45, 7) is 5.34. The third kappa shape index (κ3) is 3.14. The maximum atomic E-state index is 12.5. The topological polar surface area (TPSA) is 82.0 Å². The minimum Gasteiger partial charge on any atom is -0.416 e. The van der Waals surface area contributed by atoms with E-state index in [1.54, 1.807) is 11.4 Å². The average molecular weight is 344 g/mol. The van der Waals surface area contributed by atoms with E-state index in [0.717, 1.165) is 23.1 Å². The van der Waals surface area contributed by atoms with E-state index in [1.807, 2.05) is 19.9 Å². The number of nitrogens with zero attached hydrogens (tertiary/aromatic N) is 6. The third-order valence-corrected chi connectivity index (χ3v) is 3.85. The summed E-state index contributed by atoms with van der Waals surface area (Å²) in [6, 6.07) is 1.85. The average Bonchev–Trinajstić information content (AvgIpc) is 3.04. The highest BCUT2D eigenvalue weighted by atomic mass is 32.2. The first kappa shape index (κ1) is 15.7. The van der Waals surface area contributed by atoms with Crippen molar-refractivity contribution < 1.29 is 17.6 Å². The highest BCUT2D eigenvalue weighted by Gasteiger charge is 2.38. The van der Waals surface area contributed by atoms with E-state index in [9.17, 15) is 13.2 Å². The lowest BCUT2D eigenvalue weighted by Crippen LogP contribution is -2.04. The van der Waals surface area contributed by atoms with E-state index in [2.05, 4.69) is 29.7 Å². The molecule has 0 aromatic carbocycles. The number of halogens is 3. The van der Waals surface area contributed by atoms with Gasteiger partial charge in [0.1, 0.15) is 0 Å². The number of hydrogen-bond acceptors (Lipinski definition) is 7. The molecule has 1 unspecified atom stereocenters. The maximum absolute atomic E-state index is 12.5. The second kappa shape index (κ2) is 5.48. The Morgan fingerprint density at radius 2 is 1.96 bits per heavy atom. The lowest BCUT2D eigenvalue weighted by Gasteiger charge is -2.02. The van der Waals surface area contributed by atoms with Crippen molar-refractivity contribution in [3.8, 4) is 0 Å². The molecule has 0 aliphatic rings. The van der Waals surface area contributed by atoms with Gasteiger partial charge in [-0.3, -0.25) is 0 Å². The van der Waals surface area contributed by atoms with E-state index in [-0.39, 0.29) is 5.89 Å². The van der Waals surface area contributed by atoms with Crippen LogP contribution in [0, 0.1) is 13.8 Å². The molecule has 122 valence electrons. The minimum absolute atomic E-state index is 0.137. The molecule has 0 saturated carbocycles. The molecule has 3 aromatic rings. The van der Waals surface area contributed by atoms with Gasteiger partial charge in [-0.25, -0.2) is 9.50 Å². The molecule has 3 heterocycles. The van der Waals surface area contributed by atoms with Crippen LogP contribution in [0.3, 0.4) is 0 Å². The van der Waals surface area contributed by atoms with Crippen molar-refractivity contribution in [2.75, 3.05) is 0 Å². The second-order valence-electron chi connectivity index (χ2n) is 4.85. The predicted molar refractivity (Wildman–Crippen MR) is 73.8 cm³/mol. The van der Waals surface area contributed by atoms with Crippen molar-refractivity contribution in [2.45, 2.75) is 37.4 Å². The molecule has 0 N–H and O–H groups in total. The van der Waals surface area contributed by atoms with Gasteiger partial charge < -0.3 is 4.42 Å². The van der Waals surface area contributed by atoms with Crippen molar-refractivity contribution >= 4 is 17.5 Å². The Morgan fingerprint density at radius 3 is 2.61 bits per heavy atom. The van der Waals surface area contributed by atoms with E-state index in [1.165, 1.54) is 0 Å². The number of fused-ring (bicyclic) bond motifs is 1. The van der Waals surface area contributed by atoms with E-state index in [4.69, 9.17) is 0 Å². The van der Waals surface area contributed by atoms with Gasteiger partial charge in [0.15, 0.2) is 0 Å². The Bertz CT molecular complexity index is 858. The minimum atomic E-state index is -4.66. The maximum Gasteiger partial charge on any atom is 0.470 e. The molecule has 3 aromatic heterocycles. The van der Waals surface area contributed by atoms with Gasteiger partial charge in [-0.15, -0.1) is 15.3 Å². The fourth-order valence-electron chi connectivity index (χ4n) is 1.92. The Morgan fingerprint density at radius 1 is 1.22 bits per heavy atom. The SMILES string of the molecule is Cc1cc(C)n2nc(SC(C)c3nnc(C(F)(F)F)o3)nc2n1. The van der Waals surface area contributed by atoms with Crippen LogP contribution in [0.1, 0.15) is 35.3 Å². The number of aromatic nitrogens is 6. The zero-order valence-corrected chi connectivity index (χ0v) is 13.1. The largest absolute Gasteiger partial charge is 0.470 e. The zero-order valence-electron chi connectivity index (χ0n) is 12.3. The van der Waals surface area contributed by atoms with Crippen molar-refractivity contribution in [2.24, 2.45) is 0 Å². The van der Waals surface area contributed by atoms with E-state index in [0.29, 0.717) is 10.9 Å². The van der Waals surface area contributed by atoms with E-state index < -0.39 is 17.3 Å². The molecule has 0 spiro atoms. The molecule has 3 rings (SSSR count). The molecular formula is C12H11F3N6OS. The lowest BCUT2D eigenvalue weighted by molar-refractivity contribution is -0.157. The van der Waals surface area contributed by atoms with Crippen LogP contribution >= 0.6 is 11.8 Å². The number of thioether (sulfide) groups is 1. The fraction of sp³-hybridized carbons (Fsp3) is 0.417. The fourth-order valence-corrected chi connectivity index (χ4v) is 2.70. The van der Waals surface area contributed by atoms with Crippen LogP contribution in [-0.2, 0) is 6.18 Å². The molecule has 1 atom stereocenters. The van der Waals surface area contributed by atoms with Crippen molar-refractivity contribution in [1.82, 2.24) is 29.8 Å². The third-order valence-electron chi connectivity index (χ3n) is 2.91. The highest BCUT2D eigenvalue weighted by Crippen LogP contribution is 2.35. The standard InChI is InChI=1S/C12H11F3N6OS/c1-5-4-6(2)21-10(16-5)17-11(20-21)23-7(3)8-18-19-9(22-8)12(13,14)15/h4,7H,1-3H3. The van der Waals surface area contributed by atoms with Crippen molar-refractivity contribution in [3.05, 3.63) is 29.2 Å². The Kier molecular flexibility index (Phi) is 3.74. The Hall–Kier alpha value is -2.17. The molecule has 11 heteroatoms. The molecule has 0 aliphatic carbocycles. The number of rotatable bonds is 3. The van der Waals surface area contributed by atoms with Gasteiger partial charge in [0.2, 0.25) is 11.0 Å². The first-order valence-electron chi connectivity index (χ1n) is 6.52. The van der Waals surface area contributed by atoms with Crippen LogP contribution in [0.4, 0.5) is 13.2 Å². The van der Waals surface area contributed by atoms with Gasteiger partial charge in [0, 0.05) is 11.4 Å². The number of aryl methyl sites for hydroxylation is 2.